The molecular weight excluding hydrogens is 452 g/mol. The van der Waals surface area contributed by atoms with Gasteiger partial charge in [-0.05, 0) is 69.4 Å². The Kier molecular flexibility index (Phi) is 5.83. The zero-order chi connectivity index (χ0) is 25.5. The maximum absolute atomic E-state index is 12.5. The van der Waals surface area contributed by atoms with E-state index in [4.69, 9.17) is 14.9 Å². The smallest absolute Gasteiger partial charge is 0.408 e. The largest absolute Gasteiger partial charge is 0.455 e. The first-order valence-electron chi connectivity index (χ1n) is 12.2. The van der Waals surface area contributed by atoms with Crippen LogP contribution in [-0.4, -0.2) is 17.6 Å². The van der Waals surface area contributed by atoms with Crippen LogP contribution in [0.15, 0.2) is 77.2 Å². The zero-order valence-corrected chi connectivity index (χ0v) is 20.8. The predicted octanol–water partition coefficient (Wildman–Crippen LogP) is 6.77. The molecule has 1 aromatic heterocycles. The van der Waals surface area contributed by atoms with Crippen molar-refractivity contribution in [3.8, 4) is 22.5 Å². The number of carbonyl (C=O) groups excluding carboxylic acids is 2. The van der Waals surface area contributed by atoms with Crippen LogP contribution in [-0.2, 0) is 10.3 Å². The Morgan fingerprint density at radius 1 is 0.944 bits per heavy atom. The van der Waals surface area contributed by atoms with E-state index in [-0.39, 0.29) is 0 Å². The maximum Gasteiger partial charge on any atom is 0.408 e. The third-order valence-corrected chi connectivity index (χ3v) is 6.68. The van der Waals surface area contributed by atoms with Crippen molar-refractivity contribution < 1.29 is 18.7 Å². The van der Waals surface area contributed by atoms with Crippen LogP contribution in [0.2, 0.25) is 0 Å². The molecule has 2 amide bonds. The molecule has 6 nitrogen and oxygen atoms in total. The highest BCUT2D eigenvalue weighted by molar-refractivity contribution is 6.05. The number of amides is 2. The van der Waals surface area contributed by atoms with Crippen molar-refractivity contribution in [2.24, 2.45) is 5.73 Å². The number of carbonyl (C=O) groups is 2. The Morgan fingerprint density at radius 3 is 2.22 bits per heavy atom. The number of ether oxygens (including phenoxy) is 1. The molecule has 1 heterocycles. The van der Waals surface area contributed by atoms with Gasteiger partial charge in [-0.1, -0.05) is 54.6 Å². The summed E-state index contributed by atoms with van der Waals surface area (Å²) in [7, 11) is 0. The lowest BCUT2D eigenvalue weighted by molar-refractivity contribution is 0.0377. The van der Waals surface area contributed by atoms with E-state index < -0.39 is 23.1 Å². The van der Waals surface area contributed by atoms with Gasteiger partial charge in [0, 0.05) is 22.1 Å². The minimum Gasteiger partial charge on any atom is -0.455 e. The van der Waals surface area contributed by atoms with Crippen molar-refractivity contribution in [1.29, 1.82) is 0 Å². The highest BCUT2D eigenvalue weighted by Crippen LogP contribution is 2.44. The highest BCUT2D eigenvalue weighted by Gasteiger charge is 2.41. The number of fused-ring (bicyclic) bond motifs is 1. The molecule has 1 aliphatic carbocycles. The third kappa shape index (κ3) is 4.47. The van der Waals surface area contributed by atoms with Gasteiger partial charge in [-0.25, -0.2) is 4.79 Å². The minimum absolute atomic E-state index is 0.403. The van der Waals surface area contributed by atoms with Gasteiger partial charge in [0.25, 0.3) is 0 Å². The number of hydrogen-bond donors (Lipinski definition) is 2. The van der Waals surface area contributed by atoms with Crippen LogP contribution in [0, 0.1) is 0 Å². The fraction of sp³-hybridized carbons (Fsp3) is 0.267. The van der Waals surface area contributed by atoms with Gasteiger partial charge in [0.05, 0.1) is 5.54 Å². The maximum atomic E-state index is 12.5. The molecule has 4 aromatic rings. The fourth-order valence-corrected chi connectivity index (χ4v) is 4.80. The quantitative estimate of drug-likeness (QED) is 0.328. The van der Waals surface area contributed by atoms with E-state index in [9.17, 15) is 9.59 Å². The number of benzene rings is 3. The summed E-state index contributed by atoms with van der Waals surface area (Å²) in [6.07, 6.45) is 2.37. The van der Waals surface area contributed by atoms with E-state index in [0.717, 1.165) is 46.9 Å². The molecule has 1 aliphatic rings. The van der Waals surface area contributed by atoms with Crippen molar-refractivity contribution in [1.82, 2.24) is 5.32 Å². The van der Waals surface area contributed by atoms with E-state index in [1.807, 2.05) is 75.4 Å². The monoisotopic (exact) mass is 482 g/mol. The SMILES string of the molecule is CC(C)(C)OC(=O)NC1(c2ccc(-c3oc4ccc(C(N)=O)cc4c3-c3ccccc3)cc2)CCC1. The fourth-order valence-electron chi connectivity index (χ4n) is 4.80. The number of furan rings is 1. The highest BCUT2D eigenvalue weighted by atomic mass is 16.6. The first-order chi connectivity index (χ1) is 17.2. The van der Waals surface area contributed by atoms with E-state index >= 15 is 0 Å². The molecular formula is C30H30N2O4. The van der Waals surface area contributed by atoms with Crippen molar-refractivity contribution in [3.63, 3.8) is 0 Å². The molecule has 0 radical (unpaired) electrons. The minimum atomic E-state index is -0.553. The summed E-state index contributed by atoms with van der Waals surface area (Å²) < 4.78 is 11.8. The number of primary amides is 1. The summed E-state index contributed by atoms with van der Waals surface area (Å²) in [6, 6.07) is 23.3. The standard InChI is InChI=1S/C30H30N2O4/c1-29(2,3)36-28(34)32-30(16-7-17-30)22-13-10-20(11-14-22)26-25(19-8-5-4-6-9-19)23-18-21(27(31)33)12-15-24(23)35-26/h4-6,8-15,18H,7,16-17H2,1-3H3,(H2,31,33)(H,32,34). The zero-order valence-electron chi connectivity index (χ0n) is 20.8. The molecule has 5 rings (SSSR count). The van der Waals surface area contributed by atoms with Crippen molar-refractivity contribution >= 4 is 23.0 Å². The Hall–Kier alpha value is -4.06. The Bertz CT molecular complexity index is 1430. The van der Waals surface area contributed by atoms with Crippen LogP contribution in [0.25, 0.3) is 33.4 Å². The molecule has 1 fully saturated rings. The van der Waals surface area contributed by atoms with Crippen LogP contribution in [0.4, 0.5) is 4.79 Å². The summed E-state index contributed by atoms with van der Waals surface area (Å²) in [5.74, 6) is 0.235. The molecule has 0 aliphatic heterocycles. The lowest BCUT2D eigenvalue weighted by Crippen LogP contribution is -2.52. The Labute approximate surface area is 210 Å². The van der Waals surface area contributed by atoms with Crippen LogP contribution in [0.1, 0.15) is 56.0 Å². The number of alkyl carbamates (subject to hydrolysis) is 1. The van der Waals surface area contributed by atoms with E-state index in [2.05, 4.69) is 5.32 Å². The average molecular weight is 483 g/mol. The van der Waals surface area contributed by atoms with Gasteiger partial charge in [0.1, 0.15) is 16.9 Å². The summed E-state index contributed by atoms with van der Waals surface area (Å²) >= 11 is 0. The number of hydrogen-bond acceptors (Lipinski definition) is 4. The van der Waals surface area contributed by atoms with E-state index in [0.29, 0.717) is 16.9 Å². The van der Waals surface area contributed by atoms with Crippen LogP contribution in [0.5, 0.6) is 0 Å². The molecule has 3 aromatic carbocycles. The van der Waals surface area contributed by atoms with Gasteiger partial charge in [0.2, 0.25) is 5.91 Å². The van der Waals surface area contributed by atoms with Gasteiger partial charge in [0.15, 0.2) is 0 Å². The van der Waals surface area contributed by atoms with Crippen molar-refractivity contribution in [3.05, 3.63) is 83.9 Å². The topological polar surface area (TPSA) is 94.6 Å². The van der Waals surface area contributed by atoms with Crippen LogP contribution in [0.3, 0.4) is 0 Å². The molecule has 6 heteroatoms. The lowest BCUT2D eigenvalue weighted by atomic mass is 9.71. The van der Waals surface area contributed by atoms with Crippen molar-refractivity contribution in [2.45, 2.75) is 51.2 Å². The number of rotatable bonds is 5. The molecule has 184 valence electrons. The molecule has 0 atom stereocenters. The second-order valence-electron chi connectivity index (χ2n) is 10.4. The van der Waals surface area contributed by atoms with E-state index in [1.54, 1.807) is 18.2 Å². The normalized spacial score (nSPS) is 14.8. The molecule has 36 heavy (non-hydrogen) atoms. The van der Waals surface area contributed by atoms with Gasteiger partial charge >= 0.3 is 6.09 Å². The van der Waals surface area contributed by atoms with Gasteiger partial charge in [-0.15, -0.1) is 0 Å². The Balaban J connectivity index is 1.54. The molecule has 3 N–H and O–H groups in total. The van der Waals surface area contributed by atoms with Gasteiger partial charge in [-0.3, -0.25) is 4.79 Å². The lowest BCUT2D eigenvalue weighted by Gasteiger charge is -2.43. The molecule has 0 unspecified atom stereocenters. The third-order valence-electron chi connectivity index (χ3n) is 6.68. The predicted molar refractivity (Wildman–Crippen MR) is 141 cm³/mol. The van der Waals surface area contributed by atoms with Crippen molar-refractivity contribution in [2.75, 3.05) is 0 Å². The molecule has 0 bridgehead atoms. The summed E-state index contributed by atoms with van der Waals surface area (Å²) in [6.45, 7) is 5.58. The first kappa shape index (κ1) is 23.7. The molecule has 1 saturated carbocycles. The number of nitrogens with one attached hydrogen (secondary N) is 1. The van der Waals surface area contributed by atoms with Gasteiger partial charge < -0.3 is 20.2 Å². The summed E-state index contributed by atoms with van der Waals surface area (Å²) in [4.78, 5) is 24.4. The van der Waals surface area contributed by atoms with Crippen LogP contribution < -0.4 is 11.1 Å². The van der Waals surface area contributed by atoms with Crippen LogP contribution >= 0.6 is 0 Å². The molecule has 0 saturated heterocycles. The second kappa shape index (κ2) is 8.86. The Morgan fingerprint density at radius 2 is 1.64 bits per heavy atom. The number of nitrogens with two attached hydrogens (primary N) is 1. The molecule has 0 spiro atoms. The second-order valence-corrected chi connectivity index (χ2v) is 10.4. The average Bonchev–Trinajstić information content (AvgIpc) is 3.20. The summed E-state index contributed by atoms with van der Waals surface area (Å²) in [5.41, 5.74) is 9.52. The summed E-state index contributed by atoms with van der Waals surface area (Å²) in [5, 5.41) is 3.94. The first-order valence-corrected chi connectivity index (χ1v) is 12.2. The van der Waals surface area contributed by atoms with E-state index in [1.165, 1.54) is 0 Å². The van der Waals surface area contributed by atoms with Gasteiger partial charge in [-0.2, -0.15) is 0 Å².